The first-order chi connectivity index (χ1) is 15.1. The van der Waals surface area contributed by atoms with Gasteiger partial charge in [-0.15, -0.1) is 21.5 Å². The largest absolute Gasteiger partial charge is 0.397 e. The number of anilines is 1. The highest BCUT2D eigenvalue weighted by atomic mass is 32.2. The van der Waals surface area contributed by atoms with Crippen molar-refractivity contribution in [3.8, 4) is 10.7 Å². The number of nitrogens with zero attached hydrogens (tertiary/aromatic N) is 4. The van der Waals surface area contributed by atoms with Crippen LogP contribution in [0.4, 0.5) is 14.5 Å². The third kappa shape index (κ3) is 4.02. The molecule has 0 unspecified atom stereocenters. The maximum absolute atomic E-state index is 13.6. The van der Waals surface area contributed by atoms with Crippen molar-refractivity contribution in [2.24, 2.45) is 0 Å². The lowest BCUT2D eigenvalue weighted by atomic mass is 10.2. The van der Waals surface area contributed by atoms with E-state index in [4.69, 9.17) is 10.5 Å². The van der Waals surface area contributed by atoms with Gasteiger partial charge in [0.2, 0.25) is 0 Å². The average Bonchev–Trinajstić information content (AvgIpc) is 3.50. The van der Waals surface area contributed by atoms with Crippen molar-refractivity contribution < 1.29 is 13.5 Å². The minimum Gasteiger partial charge on any atom is -0.397 e. The lowest BCUT2D eigenvalue weighted by Gasteiger charge is -2.14. The molecule has 1 aliphatic rings. The van der Waals surface area contributed by atoms with Crippen LogP contribution in [0, 0.1) is 11.6 Å². The highest BCUT2D eigenvalue weighted by Gasteiger charge is 2.24. The normalized spacial score (nSPS) is 16.4. The molecule has 2 N–H and O–H groups in total. The summed E-state index contributed by atoms with van der Waals surface area (Å²) < 4.78 is 34.7. The summed E-state index contributed by atoms with van der Waals surface area (Å²) in [5, 5.41) is 10.4. The zero-order chi connectivity index (χ0) is 21.4. The summed E-state index contributed by atoms with van der Waals surface area (Å²) in [6.45, 7) is 1.35. The number of rotatable bonds is 6. The number of nitrogen functional groups attached to an aromatic ring is 1. The average molecular weight is 460 g/mol. The van der Waals surface area contributed by atoms with Gasteiger partial charge in [0.15, 0.2) is 22.6 Å². The summed E-state index contributed by atoms with van der Waals surface area (Å²) in [7, 11) is 0. The highest BCUT2D eigenvalue weighted by molar-refractivity contribution is 7.98. The zero-order valence-corrected chi connectivity index (χ0v) is 18.1. The Labute approximate surface area is 185 Å². The molecule has 5 rings (SSSR count). The zero-order valence-electron chi connectivity index (χ0n) is 16.4. The van der Waals surface area contributed by atoms with E-state index < -0.39 is 11.6 Å². The topological polar surface area (TPSA) is 78.8 Å². The molecule has 0 bridgehead atoms. The highest BCUT2D eigenvalue weighted by Crippen LogP contribution is 2.40. The van der Waals surface area contributed by atoms with Crippen LogP contribution < -0.4 is 5.73 Å². The first kappa shape index (κ1) is 20.3. The van der Waals surface area contributed by atoms with E-state index in [9.17, 15) is 8.78 Å². The molecule has 0 spiro atoms. The van der Waals surface area contributed by atoms with Gasteiger partial charge in [-0.25, -0.2) is 13.8 Å². The maximum Gasteiger partial charge on any atom is 0.191 e. The van der Waals surface area contributed by atoms with Crippen molar-refractivity contribution >= 4 is 39.0 Å². The molecule has 160 valence electrons. The summed E-state index contributed by atoms with van der Waals surface area (Å²) in [6.07, 6.45) is 3.80. The third-order valence-corrected chi connectivity index (χ3v) is 7.35. The summed E-state index contributed by atoms with van der Waals surface area (Å²) in [4.78, 5) is 6.07. The molecule has 1 atom stereocenters. The van der Waals surface area contributed by atoms with Crippen LogP contribution in [0.2, 0.25) is 0 Å². The molecule has 0 amide bonds. The molecular formula is C21H19F2N5OS2. The van der Waals surface area contributed by atoms with Gasteiger partial charge in [0.25, 0.3) is 0 Å². The van der Waals surface area contributed by atoms with Crippen molar-refractivity contribution in [3.63, 3.8) is 0 Å². The van der Waals surface area contributed by atoms with Gasteiger partial charge in [-0.2, -0.15) is 0 Å². The van der Waals surface area contributed by atoms with Gasteiger partial charge < -0.3 is 10.5 Å². The first-order valence-corrected chi connectivity index (χ1v) is 11.7. The van der Waals surface area contributed by atoms with E-state index in [1.807, 2.05) is 16.7 Å². The van der Waals surface area contributed by atoms with Gasteiger partial charge in [0, 0.05) is 23.9 Å². The van der Waals surface area contributed by atoms with Crippen molar-refractivity contribution in [1.82, 2.24) is 19.7 Å². The molecule has 4 heterocycles. The number of fused-ring (bicyclic) bond motifs is 1. The number of benzene rings is 1. The molecule has 1 saturated heterocycles. The Bertz CT molecular complexity index is 1240. The van der Waals surface area contributed by atoms with Crippen molar-refractivity contribution in [1.29, 1.82) is 0 Å². The van der Waals surface area contributed by atoms with Crippen LogP contribution in [-0.2, 0) is 17.0 Å². The van der Waals surface area contributed by atoms with Gasteiger partial charge in [-0.05, 0) is 42.7 Å². The van der Waals surface area contributed by atoms with E-state index in [2.05, 4.69) is 15.2 Å². The van der Waals surface area contributed by atoms with Gasteiger partial charge in [0.05, 0.1) is 23.2 Å². The number of ether oxygens (including phenoxy) is 1. The number of hydrogen-bond donors (Lipinski definition) is 1. The van der Waals surface area contributed by atoms with Crippen LogP contribution in [0.1, 0.15) is 18.4 Å². The smallest absolute Gasteiger partial charge is 0.191 e. The molecule has 0 radical (unpaired) electrons. The molecule has 10 heteroatoms. The second-order valence-corrected chi connectivity index (χ2v) is 9.23. The standard InChI is InChI=1S/C21H19F2N5OS2/c22-15-6-5-12(9-16(15)23)11-30-21-27-26-19(28(21)10-13-3-2-8-29-13)18-17(24)14-4-1-7-25-20(14)31-18/h1,4-7,9,13H,2-3,8,10-11,24H2/t13-/m0/s1. The second-order valence-electron chi connectivity index (χ2n) is 7.29. The van der Waals surface area contributed by atoms with Crippen LogP contribution in [-0.4, -0.2) is 32.5 Å². The van der Waals surface area contributed by atoms with Crippen LogP contribution in [0.5, 0.6) is 0 Å². The fourth-order valence-corrected chi connectivity index (χ4v) is 5.56. The monoisotopic (exact) mass is 459 g/mol. The van der Waals surface area contributed by atoms with Crippen LogP contribution in [0.3, 0.4) is 0 Å². The van der Waals surface area contributed by atoms with Gasteiger partial charge in [-0.1, -0.05) is 17.8 Å². The lowest BCUT2D eigenvalue weighted by molar-refractivity contribution is 0.0953. The minimum absolute atomic E-state index is 0.0751. The number of thioether (sulfide) groups is 1. The van der Waals surface area contributed by atoms with Crippen LogP contribution >= 0.6 is 23.1 Å². The van der Waals surface area contributed by atoms with Crippen LogP contribution in [0.25, 0.3) is 20.9 Å². The minimum atomic E-state index is -0.856. The number of aromatic nitrogens is 4. The molecule has 0 aliphatic carbocycles. The Morgan fingerprint density at radius 2 is 2.13 bits per heavy atom. The Morgan fingerprint density at radius 1 is 1.23 bits per heavy atom. The van der Waals surface area contributed by atoms with E-state index in [0.29, 0.717) is 34.5 Å². The summed E-state index contributed by atoms with van der Waals surface area (Å²) in [5.74, 6) is -0.606. The predicted octanol–water partition coefficient (Wildman–Crippen LogP) is 4.89. The molecule has 1 aromatic carbocycles. The van der Waals surface area contributed by atoms with Gasteiger partial charge in [-0.3, -0.25) is 4.57 Å². The summed E-state index contributed by atoms with van der Waals surface area (Å²) in [5.41, 5.74) is 7.73. The van der Waals surface area contributed by atoms with Crippen LogP contribution in [0.15, 0.2) is 41.7 Å². The number of nitrogens with two attached hydrogens (primary N) is 1. The third-order valence-electron chi connectivity index (χ3n) is 5.19. The van der Waals surface area contributed by atoms with Gasteiger partial charge >= 0.3 is 0 Å². The fourth-order valence-electron chi connectivity index (χ4n) is 3.61. The Balaban J connectivity index is 1.49. The van der Waals surface area contributed by atoms with Crippen molar-refractivity contribution in [3.05, 3.63) is 53.7 Å². The first-order valence-electron chi connectivity index (χ1n) is 9.85. The van der Waals surface area contributed by atoms with Crippen molar-refractivity contribution in [2.45, 2.75) is 36.4 Å². The summed E-state index contributed by atoms with van der Waals surface area (Å²) in [6, 6.07) is 7.72. The number of halogens is 2. The SMILES string of the molecule is Nc1c(-c2nnc(SCc3ccc(F)c(F)c3)n2C[C@@H]2CCCO2)sc2ncccc12. The lowest BCUT2D eigenvalue weighted by Crippen LogP contribution is -2.16. The predicted molar refractivity (Wildman–Crippen MR) is 118 cm³/mol. The Hall–Kier alpha value is -2.56. The van der Waals surface area contributed by atoms with E-state index in [0.717, 1.165) is 40.6 Å². The molecule has 3 aromatic heterocycles. The Morgan fingerprint density at radius 3 is 2.90 bits per heavy atom. The van der Waals surface area contributed by atoms with Gasteiger partial charge in [0.1, 0.15) is 4.83 Å². The quantitative estimate of drug-likeness (QED) is 0.414. The number of thiophene rings is 1. The molecule has 31 heavy (non-hydrogen) atoms. The number of hydrogen-bond acceptors (Lipinski definition) is 7. The summed E-state index contributed by atoms with van der Waals surface area (Å²) >= 11 is 2.90. The number of pyridine rings is 1. The maximum atomic E-state index is 13.6. The molecular weight excluding hydrogens is 440 g/mol. The second kappa shape index (κ2) is 8.52. The van der Waals surface area contributed by atoms with E-state index >= 15 is 0 Å². The molecule has 6 nitrogen and oxygen atoms in total. The Kier molecular flexibility index (Phi) is 5.59. The van der Waals surface area contributed by atoms with E-state index in [1.165, 1.54) is 29.2 Å². The van der Waals surface area contributed by atoms with E-state index in [1.54, 1.807) is 12.3 Å². The van der Waals surface area contributed by atoms with E-state index in [-0.39, 0.29) is 6.10 Å². The molecule has 1 aliphatic heterocycles. The van der Waals surface area contributed by atoms with Crippen molar-refractivity contribution in [2.75, 3.05) is 12.3 Å². The molecule has 1 fully saturated rings. The molecule has 4 aromatic rings. The fraction of sp³-hybridized carbons (Fsp3) is 0.286. The molecule has 0 saturated carbocycles.